The zero-order chi connectivity index (χ0) is 13.8. The van der Waals surface area contributed by atoms with Crippen LogP contribution in [0.1, 0.15) is 21.5 Å². The molecule has 0 heterocycles. The SMILES string of the molecule is Cc1ccc(COc2cccc(F)c2)c(C(=O)O)c1. The Balaban J connectivity index is 2.17. The summed E-state index contributed by atoms with van der Waals surface area (Å²) in [5, 5.41) is 9.12. The fraction of sp³-hybridized carbons (Fsp3) is 0.133. The zero-order valence-corrected chi connectivity index (χ0v) is 10.4. The summed E-state index contributed by atoms with van der Waals surface area (Å²) in [6, 6.07) is 10.9. The molecule has 0 radical (unpaired) electrons. The number of carbonyl (C=O) groups is 1. The molecule has 0 aliphatic carbocycles. The topological polar surface area (TPSA) is 46.5 Å². The van der Waals surface area contributed by atoms with Crippen LogP contribution in [-0.4, -0.2) is 11.1 Å². The lowest BCUT2D eigenvalue weighted by Crippen LogP contribution is -2.06. The Morgan fingerprint density at radius 1 is 1.26 bits per heavy atom. The molecule has 0 aromatic heterocycles. The molecule has 0 saturated carbocycles. The van der Waals surface area contributed by atoms with E-state index in [0.29, 0.717) is 11.3 Å². The van der Waals surface area contributed by atoms with E-state index in [1.807, 2.05) is 13.0 Å². The molecule has 0 aliphatic rings. The largest absolute Gasteiger partial charge is 0.489 e. The van der Waals surface area contributed by atoms with Crippen LogP contribution in [0.2, 0.25) is 0 Å². The maximum atomic E-state index is 13.0. The molecule has 0 atom stereocenters. The molecule has 0 spiro atoms. The van der Waals surface area contributed by atoms with Crippen LogP contribution in [0.15, 0.2) is 42.5 Å². The zero-order valence-electron chi connectivity index (χ0n) is 10.4. The van der Waals surface area contributed by atoms with Crippen molar-refractivity contribution in [3.63, 3.8) is 0 Å². The lowest BCUT2D eigenvalue weighted by molar-refractivity contribution is 0.0694. The van der Waals surface area contributed by atoms with Gasteiger partial charge in [0.2, 0.25) is 0 Å². The predicted octanol–water partition coefficient (Wildman–Crippen LogP) is 3.41. The third kappa shape index (κ3) is 3.31. The first kappa shape index (κ1) is 13.1. The Morgan fingerprint density at radius 3 is 2.74 bits per heavy atom. The van der Waals surface area contributed by atoms with E-state index in [1.165, 1.54) is 18.2 Å². The molecular formula is C15H13FO3. The van der Waals surface area contributed by atoms with Crippen LogP contribution in [0.4, 0.5) is 4.39 Å². The molecule has 0 saturated heterocycles. The van der Waals surface area contributed by atoms with E-state index in [0.717, 1.165) is 5.56 Å². The van der Waals surface area contributed by atoms with E-state index in [4.69, 9.17) is 9.84 Å². The van der Waals surface area contributed by atoms with E-state index in [9.17, 15) is 9.18 Å². The number of aryl methyl sites for hydroxylation is 1. The van der Waals surface area contributed by atoms with Gasteiger partial charge in [-0.05, 0) is 25.1 Å². The fourth-order valence-corrected chi connectivity index (χ4v) is 1.73. The summed E-state index contributed by atoms with van der Waals surface area (Å²) in [5.74, 6) is -1.02. The number of carboxylic acid groups (broad SMARTS) is 1. The smallest absolute Gasteiger partial charge is 0.336 e. The Kier molecular flexibility index (Phi) is 3.80. The summed E-state index contributed by atoms with van der Waals surface area (Å²) >= 11 is 0. The van der Waals surface area contributed by atoms with Gasteiger partial charge >= 0.3 is 5.97 Å². The molecule has 4 heteroatoms. The second-order valence-corrected chi connectivity index (χ2v) is 4.21. The maximum absolute atomic E-state index is 13.0. The van der Waals surface area contributed by atoms with Gasteiger partial charge in [-0.2, -0.15) is 0 Å². The molecule has 0 aliphatic heterocycles. The highest BCUT2D eigenvalue weighted by Crippen LogP contribution is 2.17. The van der Waals surface area contributed by atoms with Gasteiger partial charge < -0.3 is 9.84 Å². The van der Waals surface area contributed by atoms with Crippen LogP contribution >= 0.6 is 0 Å². The van der Waals surface area contributed by atoms with Gasteiger partial charge in [-0.3, -0.25) is 0 Å². The number of hydrogen-bond donors (Lipinski definition) is 1. The highest BCUT2D eigenvalue weighted by atomic mass is 19.1. The van der Waals surface area contributed by atoms with Gasteiger partial charge in [-0.15, -0.1) is 0 Å². The van der Waals surface area contributed by atoms with Gasteiger partial charge in [-0.25, -0.2) is 9.18 Å². The number of rotatable bonds is 4. The molecule has 3 nitrogen and oxygen atoms in total. The Bertz CT molecular complexity index is 608. The minimum atomic E-state index is -0.999. The van der Waals surface area contributed by atoms with Crippen LogP contribution in [0.5, 0.6) is 5.75 Å². The highest BCUT2D eigenvalue weighted by Gasteiger charge is 2.10. The lowest BCUT2D eigenvalue weighted by Gasteiger charge is -2.09. The molecule has 2 aromatic rings. The number of carboxylic acids is 1. The molecule has 98 valence electrons. The monoisotopic (exact) mass is 260 g/mol. The number of aromatic carboxylic acids is 1. The highest BCUT2D eigenvalue weighted by molar-refractivity contribution is 5.89. The van der Waals surface area contributed by atoms with Crippen molar-refractivity contribution in [2.24, 2.45) is 0 Å². The quantitative estimate of drug-likeness (QED) is 0.916. The van der Waals surface area contributed by atoms with Gasteiger partial charge in [0.05, 0.1) is 5.56 Å². The summed E-state index contributed by atoms with van der Waals surface area (Å²) in [6.07, 6.45) is 0. The van der Waals surface area contributed by atoms with Gasteiger partial charge in [0, 0.05) is 11.6 Å². The summed E-state index contributed by atoms with van der Waals surface area (Å²) < 4.78 is 18.4. The van der Waals surface area contributed by atoms with Gasteiger partial charge in [0.25, 0.3) is 0 Å². The summed E-state index contributed by atoms with van der Waals surface area (Å²) in [6.45, 7) is 1.91. The van der Waals surface area contributed by atoms with Crippen LogP contribution in [0, 0.1) is 12.7 Å². The molecule has 0 bridgehead atoms. The average Bonchev–Trinajstić information content (AvgIpc) is 2.37. The van der Waals surface area contributed by atoms with Crippen molar-refractivity contribution >= 4 is 5.97 Å². The molecule has 19 heavy (non-hydrogen) atoms. The molecule has 2 rings (SSSR count). The van der Waals surface area contributed by atoms with Crippen LogP contribution < -0.4 is 4.74 Å². The van der Waals surface area contributed by atoms with Gasteiger partial charge in [0.15, 0.2) is 0 Å². The summed E-state index contributed by atoms with van der Waals surface area (Å²) in [5.41, 5.74) is 1.63. The first-order valence-electron chi connectivity index (χ1n) is 5.77. The third-order valence-electron chi connectivity index (χ3n) is 2.69. The van der Waals surface area contributed by atoms with E-state index in [-0.39, 0.29) is 18.0 Å². The van der Waals surface area contributed by atoms with Gasteiger partial charge in [0.1, 0.15) is 18.2 Å². The summed E-state index contributed by atoms with van der Waals surface area (Å²) in [4.78, 5) is 11.1. The number of benzene rings is 2. The number of ether oxygens (including phenoxy) is 1. The van der Waals surface area contributed by atoms with Crippen molar-refractivity contribution in [3.05, 3.63) is 65.0 Å². The second-order valence-electron chi connectivity index (χ2n) is 4.21. The second kappa shape index (κ2) is 5.52. The Hall–Kier alpha value is -2.36. The molecule has 2 aromatic carbocycles. The van der Waals surface area contributed by atoms with Crippen molar-refractivity contribution < 1.29 is 19.0 Å². The van der Waals surface area contributed by atoms with Crippen molar-refractivity contribution in [2.45, 2.75) is 13.5 Å². The van der Waals surface area contributed by atoms with E-state index in [2.05, 4.69) is 0 Å². The van der Waals surface area contributed by atoms with Crippen molar-refractivity contribution in [2.75, 3.05) is 0 Å². The van der Waals surface area contributed by atoms with Crippen LogP contribution in [-0.2, 0) is 6.61 Å². The fourth-order valence-electron chi connectivity index (χ4n) is 1.73. The minimum absolute atomic E-state index is 0.0887. The normalized spacial score (nSPS) is 10.2. The number of hydrogen-bond acceptors (Lipinski definition) is 2. The lowest BCUT2D eigenvalue weighted by atomic mass is 10.1. The third-order valence-corrected chi connectivity index (χ3v) is 2.69. The molecule has 0 fully saturated rings. The minimum Gasteiger partial charge on any atom is -0.489 e. The number of halogens is 1. The standard InChI is InChI=1S/C15H13FO3/c1-10-5-6-11(14(7-10)15(17)18)9-19-13-4-2-3-12(16)8-13/h2-8H,9H2,1H3,(H,17,18). The van der Waals surface area contributed by atoms with Crippen molar-refractivity contribution in [1.82, 2.24) is 0 Å². The Morgan fingerprint density at radius 2 is 2.05 bits per heavy atom. The van der Waals surface area contributed by atoms with E-state index >= 15 is 0 Å². The van der Waals surface area contributed by atoms with Crippen molar-refractivity contribution in [3.8, 4) is 5.75 Å². The summed E-state index contributed by atoms with van der Waals surface area (Å²) in [7, 11) is 0. The molecular weight excluding hydrogens is 247 g/mol. The maximum Gasteiger partial charge on any atom is 0.336 e. The molecule has 0 unspecified atom stereocenters. The average molecular weight is 260 g/mol. The van der Waals surface area contributed by atoms with Gasteiger partial charge in [-0.1, -0.05) is 23.8 Å². The Labute approximate surface area is 110 Å². The molecule has 0 amide bonds. The molecule has 1 N–H and O–H groups in total. The predicted molar refractivity (Wildman–Crippen MR) is 68.9 cm³/mol. The first-order valence-corrected chi connectivity index (χ1v) is 5.77. The van der Waals surface area contributed by atoms with E-state index in [1.54, 1.807) is 18.2 Å². The first-order chi connectivity index (χ1) is 9.06. The van der Waals surface area contributed by atoms with Crippen LogP contribution in [0.3, 0.4) is 0 Å². The van der Waals surface area contributed by atoms with Crippen molar-refractivity contribution in [1.29, 1.82) is 0 Å². The van der Waals surface area contributed by atoms with Crippen LogP contribution in [0.25, 0.3) is 0 Å². The van der Waals surface area contributed by atoms with E-state index < -0.39 is 5.97 Å².